The van der Waals surface area contributed by atoms with Crippen LogP contribution in [-0.4, -0.2) is 0 Å². The van der Waals surface area contributed by atoms with Gasteiger partial charge in [-0.25, -0.2) is 0 Å². The summed E-state index contributed by atoms with van der Waals surface area (Å²) >= 11 is 11.9. The molecule has 4 aliphatic rings. The quantitative estimate of drug-likeness (QED) is 0.171. The number of thioether (sulfide) groups is 6. The van der Waals surface area contributed by atoms with Crippen LogP contribution in [0.5, 0.6) is 0 Å². The Morgan fingerprint density at radius 3 is 1.39 bits per heavy atom. The van der Waals surface area contributed by atoms with Crippen LogP contribution in [0.3, 0.4) is 0 Å². The fourth-order valence-electron chi connectivity index (χ4n) is 6.33. The monoisotopic (exact) mass is 674 g/mol. The number of rotatable bonds is 6. The summed E-state index contributed by atoms with van der Waals surface area (Å²) in [6.07, 6.45) is 2.10. The number of fused-ring (bicyclic) bond motifs is 7. The summed E-state index contributed by atoms with van der Waals surface area (Å²) in [7, 11) is 0. The Morgan fingerprint density at radius 2 is 0.864 bits per heavy atom. The van der Waals surface area contributed by atoms with Crippen molar-refractivity contribution in [3.8, 4) is 22.3 Å². The van der Waals surface area contributed by atoms with Gasteiger partial charge in [-0.05, 0) is 80.6 Å². The molecule has 0 N–H and O–H groups in total. The number of hydrogen-bond donors (Lipinski definition) is 0. The Labute approximate surface area is 284 Å². The van der Waals surface area contributed by atoms with Crippen molar-refractivity contribution in [1.82, 2.24) is 0 Å². The number of benzene rings is 5. The van der Waals surface area contributed by atoms with Crippen LogP contribution >= 0.6 is 70.6 Å². The molecule has 5 aromatic carbocycles. The molecule has 0 saturated carbocycles. The lowest BCUT2D eigenvalue weighted by Gasteiger charge is -2.08. The van der Waals surface area contributed by atoms with Gasteiger partial charge in [-0.1, -0.05) is 144 Å². The molecule has 0 spiro atoms. The minimum atomic E-state index is 0.997. The summed E-state index contributed by atoms with van der Waals surface area (Å²) in [4.78, 5) is 2.77. The normalized spacial score (nSPS) is 15.8. The van der Waals surface area contributed by atoms with Crippen LogP contribution in [-0.2, 0) is 24.3 Å². The van der Waals surface area contributed by atoms with Crippen LogP contribution in [0.4, 0.5) is 0 Å². The topological polar surface area (TPSA) is 0 Å². The molecule has 0 bridgehead atoms. The van der Waals surface area contributed by atoms with E-state index in [0.29, 0.717) is 0 Å². The molecule has 0 unspecified atom stereocenters. The summed E-state index contributed by atoms with van der Waals surface area (Å²) in [6, 6.07) is 40.8. The van der Waals surface area contributed by atoms with Gasteiger partial charge in [-0.2, -0.15) is 0 Å². The highest BCUT2D eigenvalue weighted by Gasteiger charge is 2.29. The molecule has 0 aromatic heterocycles. The van der Waals surface area contributed by atoms with Crippen LogP contribution in [0.25, 0.3) is 22.3 Å². The lowest BCUT2D eigenvalue weighted by molar-refractivity contribution is 1.24. The number of hydrogen-bond acceptors (Lipinski definition) is 6. The van der Waals surface area contributed by atoms with Gasteiger partial charge in [0.25, 0.3) is 0 Å². The van der Waals surface area contributed by atoms with E-state index in [4.69, 9.17) is 0 Å². The van der Waals surface area contributed by atoms with Crippen LogP contribution in [0.2, 0.25) is 0 Å². The second-order valence-corrected chi connectivity index (χ2v) is 18.4. The summed E-state index contributed by atoms with van der Waals surface area (Å²) in [6.45, 7) is 0. The Balaban J connectivity index is 0.955. The molecule has 2 aliphatic heterocycles. The van der Waals surface area contributed by atoms with Crippen LogP contribution in [0.1, 0.15) is 33.4 Å². The minimum Gasteiger partial charge on any atom is -0.112 e. The Bertz CT molecular complexity index is 1900. The van der Waals surface area contributed by atoms with Crippen molar-refractivity contribution in [1.29, 1.82) is 0 Å². The first-order valence-electron chi connectivity index (χ1n) is 14.7. The van der Waals surface area contributed by atoms with E-state index in [1.807, 2.05) is 70.6 Å². The third kappa shape index (κ3) is 5.22. The van der Waals surface area contributed by atoms with Gasteiger partial charge in [-0.15, -0.1) is 23.5 Å². The van der Waals surface area contributed by atoms with E-state index in [9.17, 15) is 0 Å². The van der Waals surface area contributed by atoms with E-state index in [-0.39, 0.29) is 0 Å². The molecule has 214 valence electrons. The van der Waals surface area contributed by atoms with Crippen molar-refractivity contribution >= 4 is 70.6 Å². The fraction of sp³-hybridized carbons (Fsp3) is 0.105. The maximum absolute atomic E-state index is 2.45. The average Bonchev–Trinajstić information content (AvgIpc) is 3.84. The molecule has 0 atom stereocenters. The molecule has 0 saturated heterocycles. The molecular formula is C38H26S6. The van der Waals surface area contributed by atoms with Gasteiger partial charge in [-0.3, -0.25) is 0 Å². The largest absolute Gasteiger partial charge is 0.112 e. The standard InChI is InChI=1S/C38H26S6/c1-3-9-29-25(7-1)19-27-17-23(13-15-31(27)29)21-39-35-36(44-38(43-35)37-41-33-11-5-6-12-34(33)42-37)40-22-24-14-16-32-28(18-24)20-26-8-2-4-10-30(26)32/h1-18H,19-22H2. The third-order valence-electron chi connectivity index (χ3n) is 8.41. The molecule has 6 heteroatoms. The summed E-state index contributed by atoms with van der Waals surface area (Å²) in [5.41, 5.74) is 14.3. The van der Waals surface area contributed by atoms with E-state index in [1.54, 1.807) is 0 Å². The van der Waals surface area contributed by atoms with E-state index < -0.39 is 0 Å². The summed E-state index contributed by atoms with van der Waals surface area (Å²) in [5, 5.41) is 0. The molecule has 2 aliphatic carbocycles. The Kier molecular flexibility index (Phi) is 7.49. The van der Waals surface area contributed by atoms with E-state index in [1.165, 1.54) is 82.4 Å². The smallest absolute Gasteiger partial charge is 0.0717 e. The maximum Gasteiger partial charge on any atom is 0.0717 e. The Morgan fingerprint density at radius 1 is 0.432 bits per heavy atom. The molecule has 0 fully saturated rings. The van der Waals surface area contributed by atoms with Crippen molar-refractivity contribution in [2.45, 2.75) is 34.1 Å². The van der Waals surface area contributed by atoms with E-state index in [2.05, 4.69) is 109 Å². The van der Waals surface area contributed by atoms with Crippen molar-refractivity contribution in [3.63, 3.8) is 0 Å². The first-order valence-corrected chi connectivity index (χ1v) is 19.9. The second-order valence-electron chi connectivity index (χ2n) is 11.2. The van der Waals surface area contributed by atoms with Crippen molar-refractivity contribution in [2.75, 3.05) is 0 Å². The molecule has 44 heavy (non-hydrogen) atoms. The van der Waals surface area contributed by atoms with Crippen molar-refractivity contribution < 1.29 is 0 Å². The predicted molar refractivity (Wildman–Crippen MR) is 199 cm³/mol. The summed E-state index contributed by atoms with van der Waals surface area (Å²) < 4.78 is 5.78. The Hall–Kier alpha value is -2.32. The first kappa shape index (κ1) is 27.9. The molecule has 2 heterocycles. The van der Waals surface area contributed by atoms with Gasteiger partial charge >= 0.3 is 0 Å². The van der Waals surface area contributed by atoms with Gasteiger partial charge in [0.15, 0.2) is 0 Å². The van der Waals surface area contributed by atoms with E-state index in [0.717, 1.165) is 24.3 Å². The van der Waals surface area contributed by atoms with Crippen molar-refractivity contribution in [3.05, 3.63) is 160 Å². The molecule has 9 rings (SSSR count). The molecule has 0 amide bonds. The zero-order valence-corrected chi connectivity index (χ0v) is 28.6. The van der Waals surface area contributed by atoms with Gasteiger partial charge in [0.1, 0.15) is 0 Å². The lowest BCUT2D eigenvalue weighted by Crippen LogP contribution is -1.87. The summed E-state index contributed by atoms with van der Waals surface area (Å²) in [5.74, 6) is 1.99. The molecule has 0 radical (unpaired) electrons. The van der Waals surface area contributed by atoms with Crippen molar-refractivity contribution in [2.24, 2.45) is 0 Å². The van der Waals surface area contributed by atoms with Crippen LogP contribution < -0.4 is 0 Å². The predicted octanol–water partition coefficient (Wildman–Crippen LogP) is 12.6. The van der Waals surface area contributed by atoms with Crippen LogP contribution in [0.15, 0.2) is 136 Å². The van der Waals surface area contributed by atoms with Crippen LogP contribution in [0, 0.1) is 0 Å². The van der Waals surface area contributed by atoms with Gasteiger partial charge in [0, 0.05) is 21.3 Å². The highest BCUT2D eigenvalue weighted by molar-refractivity contribution is 8.41. The average molecular weight is 675 g/mol. The highest BCUT2D eigenvalue weighted by Crippen LogP contribution is 2.64. The second kappa shape index (κ2) is 11.8. The van der Waals surface area contributed by atoms with Gasteiger partial charge in [0.2, 0.25) is 0 Å². The maximum atomic E-state index is 2.45. The molecular weight excluding hydrogens is 649 g/mol. The van der Waals surface area contributed by atoms with E-state index >= 15 is 0 Å². The third-order valence-corrected chi connectivity index (χ3v) is 17.2. The first-order chi connectivity index (χ1) is 21.7. The molecule has 5 aromatic rings. The fourth-order valence-corrected chi connectivity index (χ4v) is 14.9. The SMILES string of the molecule is c1ccc2c(c1)Cc1cc(CSC3=C(SCc4ccc5c(c4)Cc4ccccc4-5)SC(=C4Sc5ccccc5S4)S3)ccc1-2. The minimum absolute atomic E-state index is 0.997. The zero-order chi connectivity index (χ0) is 29.0. The van der Waals surface area contributed by atoms with Gasteiger partial charge in [0.05, 0.1) is 16.9 Å². The highest BCUT2D eigenvalue weighted by atomic mass is 32.3. The lowest BCUT2D eigenvalue weighted by atomic mass is 10.0. The molecule has 0 nitrogen and oxygen atoms in total. The zero-order valence-electron chi connectivity index (χ0n) is 23.7. The van der Waals surface area contributed by atoms with Gasteiger partial charge < -0.3 is 0 Å².